The Bertz CT molecular complexity index is 196. The molecular weight excluding hydrogens is 152 g/mol. The van der Waals surface area contributed by atoms with E-state index in [1.54, 1.807) is 0 Å². The monoisotopic (exact) mass is 168 g/mol. The summed E-state index contributed by atoms with van der Waals surface area (Å²) in [5, 5.41) is 0. The molecule has 2 atom stereocenters. The van der Waals surface area contributed by atoms with Crippen molar-refractivity contribution in [3.8, 4) is 0 Å². The molecule has 0 aliphatic heterocycles. The lowest BCUT2D eigenvalue weighted by molar-refractivity contribution is -0.135. The molecule has 2 nitrogen and oxygen atoms in total. The van der Waals surface area contributed by atoms with Crippen molar-refractivity contribution >= 4 is 11.6 Å². The molecule has 0 aromatic heterocycles. The largest absolute Gasteiger partial charge is 0.299 e. The molecule has 0 amide bonds. The van der Waals surface area contributed by atoms with Gasteiger partial charge in [0.2, 0.25) is 0 Å². The summed E-state index contributed by atoms with van der Waals surface area (Å²) in [6, 6.07) is 0. The molecule has 1 aliphatic carbocycles. The third-order valence-electron chi connectivity index (χ3n) is 2.78. The molecule has 1 rings (SSSR count). The Morgan fingerprint density at radius 1 is 1.58 bits per heavy atom. The molecule has 0 N–H and O–H groups in total. The molecule has 1 aliphatic rings. The van der Waals surface area contributed by atoms with E-state index in [2.05, 4.69) is 6.92 Å². The van der Waals surface area contributed by atoms with Crippen molar-refractivity contribution in [2.45, 2.75) is 39.5 Å². The minimum Gasteiger partial charge on any atom is -0.299 e. The van der Waals surface area contributed by atoms with Gasteiger partial charge in [0.1, 0.15) is 11.6 Å². The van der Waals surface area contributed by atoms with Crippen molar-refractivity contribution < 1.29 is 9.59 Å². The normalized spacial score (nSPS) is 30.3. The van der Waals surface area contributed by atoms with Gasteiger partial charge in [-0.05, 0) is 25.7 Å². The first kappa shape index (κ1) is 9.43. The van der Waals surface area contributed by atoms with Gasteiger partial charge >= 0.3 is 0 Å². The fraction of sp³-hybridized carbons (Fsp3) is 0.800. The van der Waals surface area contributed by atoms with Gasteiger partial charge in [0.25, 0.3) is 0 Å². The first-order valence-electron chi connectivity index (χ1n) is 4.70. The highest BCUT2D eigenvalue weighted by atomic mass is 16.1. The van der Waals surface area contributed by atoms with E-state index in [1.165, 1.54) is 6.92 Å². The first-order valence-corrected chi connectivity index (χ1v) is 4.70. The summed E-state index contributed by atoms with van der Waals surface area (Å²) in [5.41, 5.74) is 0. The molecule has 0 spiro atoms. The van der Waals surface area contributed by atoms with Crippen LogP contribution in [-0.2, 0) is 9.59 Å². The van der Waals surface area contributed by atoms with E-state index in [1.807, 2.05) is 0 Å². The highest BCUT2D eigenvalue weighted by Crippen LogP contribution is 2.30. The van der Waals surface area contributed by atoms with Crippen molar-refractivity contribution in [2.24, 2.45) is 11.8 Å². The Morgan fingerprint density at radius 2 is 2.25 bits per heavy atom. The quantitative estimate of drug-likeness (QED) is 0.591. The zero-order chi connectivity index (χ0) is 9.14. The fourth-order valence-corrected chi connectivity index (χ4v) is 2.12. The minimum atomic E-state index is -0.274. The second-order valence-electron chi connectivity index (χ2n) is 3.62. The van der Waals surface area contributed by atoms with Crippen LogP contribution in [0.5, 0.6) is 0 Å². The van der Waals surface area contributed by atoms with Gasteiger partial charge in [-0.3, -0.25) is 9.59 Å². The SMILES string of the molecule is CC[C@H]1CCCC(=O)[C@@H]1C(C)=O. The second kappa shape index (κ2) is 3.83. The van der Waals surface area contributed by atoms with Crippen molar-refractivity contribution in [3.05, 3.63) is 0 Å². The highest BCUT2D eigenvalue weighted by Gasteiger charge is 2.33. The van der Waals surface area contributed by atoms with Crippen LogP contribution in [0, 0.1) is 11.8 Å². The van der Waals surface area contributed by atoms with Gasteiger partial charge in [0, 0.05) is 6.42 Å². The second-order valence-corrected chi connectivity index (χ2v) is 3.62. The molecule has 1 saturated carbocycles. The lowest BCUT2D eigenvalue weighted by atomic mass is 9.75. The summed E-state index contributed by atoms with van der Waals surface area (Å²) < 4.78 is 0. The molecule has 0 bridgehead atoms. The van der Waals surface area contributed by atoms with Crippen molar-refractivity contribution in [1.82, 2.24) is 0 Å². The number of Topliss-reactive ketones (excluding diaryl/α,β-unsaturated/α-hetero) is 2. The molecule has 0 aromatic carbocycles. The van der Waals surface area contributed by atoms with Crippen LogP contribution in [0.3, 0.4) is 0 Å². The van der Waals surface area contributed by atoms with Gasteiger partial charge < -0.3 is 0 Å². The summed E-state index contributed by atoms with van der Waals surface area (Å²) in [4.78, 5) is 22.5. The van der Waals surface area contributed by atoms with Crippen LogP contribution in [-0.4, -0.2) is 11.6 Å². The van der Waals surface area contributed by atoms with Crippen LogP contribution >= 0.6 is 0 Å². The summed E-state index contributed by atoms with van der Waals surface area (Å²) in [5.74, 6) is 0.277. The molecule has 0 heterocycles. The first-order chi connectivity index (χ1) is 5.66. The molecule has 0 saturated heterocycles. The van der Waals surface area contributed by atoms with Gasteiger partial charge in [-0.15, -0.1) is 0 Å². The summed E-state index contributed by atoms with van der Waals surface area (Å²) >= 11 is 0. The lowest BCUT2D eigenvalue weighted by Crippen LogP contribution is -2.33. The average Bonchev–Trinajstić information content (AvgIpc) is 2.03. The predicted octanol–water partition coefficient (Wildman–Crippen LogP) is 1.97. The fourth-order valence-electron chi connectivity index (χ4n) is 2.12. The Balaban J connectivity index is 2.72. The lowest BCUT2D eigenvalue weighted by Gasteiger charge is -2.27. The smallest absolute Gasteiger partial charge is 0.143 e. The number of hydrogen-bond acceptors (Lipinski definition) is 2. The van der Waals surface area contributed by atoms with Crippen molar-refractivity contribution in [3.63, 3.8) is 0 Å². The van der Waals surface area contributed by atoms with Crippen molar-refractivity contribution in [2.75, 3.05) is 0 Å². The maximum absolute atomic E-state index is 11.4. The van der Waals surface area contributed by atoms with E-state index in [9.17, 15) is 9.59 Å². The Morgan fingerprint density at radius 3 is 2.67 bits per heavy atom. The van der Waals surface area contributed by atoms with Crippen LogP contribution < -0.4 is 0 Å². The van der Waals surface area contributed by atoms with E-state index < -0.39 is 0 Å². The molecule has 0 radical (unpaired) electrons. The van der Waals surface area contributed by atoms with Crippen LogP contribution in [0.4, 0.5) is 0 Å². The molecule has 0 aromatic rings. The Hall–Kier alpha value is -0.660. The standard InChI is InChI=1S/C10H16O2/c1-3-8-5-4-6-9(12)10(8)7(2)11/h8,10H,3-6H2,1-2H3/t8-,10+/m0/s1. The third-order valence-corrected chi connectivity index (χ3v) is 2.78. The molecule has 2 heteroatoms. The minimum absolute atomic E-state index is 0.0616. The average molecular weight is 168 g/mol. The maximum atomic E-state index is 11.4. The van der Waals surface area contributed by atoms with E-state index in [4.69, 9.17) is 0 Å². The predicted molar refractivity (Wildman–Crippen MR) is 46.8 cm³/mol. The molecule has 68 valence electrons. The molecule has 1 fully saturated rings. The van der Waals surface area contributed by atoms with Gasteiger partial charge in [-0.2, -0.15) is 0 Å². The van der Waals surface area contributed by atoms with E-state index in [0.29, 0.717) is 12.3 Å². The molecule has 0 unspecified atom stereocenters. The summed E-state index contributed by atoms with van der Waals surface area (Å²) in [6.45, 7) is 3.59. The zero-order valence-corrected chi connectivity index (χ0v) is 7.80. The van der Waals surface area contributed by atoms with Gasteiger partial charge in [-0.25, -0.2) is 0 Å². The van der Waals surface area contributed by atoms with E-state index in [0.717, 1.165) is 19.3 Å². The summed E-state index contributed by atoms with van der Waals surface area (Å²) in [7, 11) is 0. The van der Waals surface area contributed by atoms with Gasteiger partial charge in [0.05, 0.1) is 5.92 Å². The highest BCUT2D eigenvalue weighted by molar-refractivity contribution is 6.02. The Kier molecular flexibility index (Phi) is 3.01. The zero-order valence-electron chi connectivity index (χ0n) is 7.80. The third kappa shape index (κ3) is 1.74. The molecular formula is C10H16O2. The number of carbonyl (C=O) groups excluding carboxylic acids is 2. The topological polar surface area (TPSA) is 34.1 Å². The maximum Gasteiger partial charge on any atom is 0.143 e. The number of carbonyl (C=O) groups is 2. The summed E-state index contributed by atoms with van der Waals surface area (Å²) in [6.07, 6.45) is 3.59. The Labute approximate surface area is 73.3 Å². The van der Waals surface area contributed by atoms with Gasteiger partial charge in [0.15, 0.2) is 0 Å². The van der Waals surface area contributed by atoms with Crippen LogP contribution in [0.15, 0.2) is 0 Å². The van der Waals surface area contributed by atoms with E-state index >= 15 is 0 Å². The van der Waals surface area contributed by atoms with Crippen LogP contribution in [0.1, 0.15) is 39.5 Å². The van der Waals surface area contributed by atoms with E-state index in [-0.39, 0.29) is 17.5 Å². The number of ketones is 2. The van der Waals surface area contributed by atoms with Crippen LogP contribution in [0.2, 0.25) is 0 Å². The molecule has 12 heavy (non-hydrogen) atoms. The van der Waals surface area contributed by atoms with Crippen LogP contribution in [0.25, 0.3) is 0 Å². The number of rotatable bonds is 2. The van der Waals surface area contributed by atoms with Gasteiger partial charge in [-0.1, -0.05) is 13.3 Å². The van der Waals surface area contributed by atoms with Crippen molar-refractivity contribution in [1.29, 1.82) is 0 Å². The number of hydrogen-bond donors (Lipinski definition) is 0.